The lowest BCUT2D eigenvalue weighted by Crippen LogP contribution is -2.59. The van der Waals surface area contributed by atoms with E-state index in [0.29, 0.717) is 32.8 Å². The van der Waals surface area contributed by atoms with E-state index in [2.05, 4.69) is 0 Å². The number of rotatable bonds is 8. The van der Waals surface area contributed by atoms with E-state index in [1.54, 1.807) is 30.9 Å². The van der Waals surface area contributed by atoms with E-state index < -0.39 is 11.9 Å². The molecule has 1 N–H and O–H groups in total. The molecule has 0 spiro atoms. The van der Waals surface area contributed by atoms with Gasteiger partial charge in [0.25, 0.3) is 0 Å². The third-order valence-corrected chi connectivity index (χ3v) is 4.00. The van der Waals surface area contributed by atoms with Crippen molar-refractivity contribution in [3.63, 3.8) is 0 Å². The fourth-order valence-electron chi connectivity index (χ4n) is 2.39. The van der Waals surface area contributed by atoms with Gasteiger partial charge < -0.3 is 24.4 Å². The van der Waals surface area contributed by atoms with E-state index in [9.17, 15) is 9.59 Å². The maximum absolute atomic E-state index is 12.5. The topological polar surface area (TPSA) is 79.3 Å². The summed E-state index contributed by atoms with van der Waals surface area (Å²) in [6.45, 7) is 6.01. The van der Waals surface area contributed by atoms with Crippen LogP contribution in [0.3, 0.4) is 0 Å². The number of hydrogen-bond donors (Lipinski definition) is 1. The summed E-state index contributed by atoms with van der Waals surface area (Å²) in [4.78, 5) is 26.8. The van der Waals surface area contributed by atoms with Gasteiger partial charge in [0.15, 0.2) is 0 Å². The van der Waals surface area contributed by atoms with Crippen LogP contribution in [0.2, 0.25) is 0 Å². The molecule has 0 saturated carbocycles. The minimum absolute atomic E-state index is 0.0356. The maximum atomic E-state index is 12.5. The number of hydrogen-bond acceptors (Lipinski definition) is 4. The molecule has 0 aliphatic carbocycles. The van der Waals surface area contributed by atoms with Crippen LogP contribution in [0.25, 0.3) is 0 Å². The van der Waals surface area contributed by atoms with Crippen molar-refractivity contribution in [2.45, 2.75) is 19.9 Å². The molecule has 1 fully saturated rings. The van der Waals surface area contributed by atoms with Gasteiger partial charge in [0.05, 0.1) is 25.2 Å². The predicted molar refractivity (Wildman–Crippen MR) is 77.2 cm³/mol. The molecule has 0 aromatic carbocycles. The fraction of sp³-hybridized carbons (Fsp3) is 0.857. The van der Waals surface area contributed by atoms with Gasteiger partial charge >= 0.3 is 12.0 Å². The van der Waals surface area contributed by atoms with Gasteiger partial charge in [-0.05, 0) is 6.92 Å². The molecule has 0 aromatic heterocycles. The van der Waals surface area contributed by atoms with Crippen LogP contribution in [0.1, 0.15) is 13.8 Å². The molecule has 7 heteroatoms. The van der Waals surface area contributed by atoms with Crippen molar-refractivity contribution in [2.75, 3.05) is 47.1 Å². The van der Waals surface area contributed by atoms with E-state index >= 15 is 0 Å². The van der Waals surface area contributed by atoms with Gasteiger partial charge in [0.2, 0.25) is 0 Å². The number of nitrogens with zero attached hydrogens (tertiary/aromatic N) is 2. The molecule has 7 nitrogen and oxygen atoms in total. The number of carboxylic acid groups (broad SMARTS) is 1. The number of urea groups is 1. The summed E-state index contributed by atoms with van der Waals surface area (Å²) in [6, 6.07) is -0.126. The lowest BCUT2D eigenvalue weighted by molar-refractivity contribution is -0.145. The first-order chi connectivity index (χ1) is 9.92. The Morgan fingerprint density at radius 2 is 1.90 bits per heavy atom. The Labute approximate surface area is 125 Å². The van der Waals surface area contributed by atoms with Gasteiger partial charge in [-0.15, -0.1) is 0 Å². The van der Waals surface area contributed by atoms with Crippen molar-refractivity contribution < 1.29 is 24.2 Å². The van der Waals surface area contributed by atoms with Crippen molar-refractivity contribution in [1.82, 2.24) is 9.80 Å². The zero-order chi connectivity index (χ0) is 16.0. The number of likely N-dealkylation sites (tertiary alicyclic amines) is 1. The van der Waals surface area contributed by atoms with Gasteiger partial charge in [-0.1, -0.05) is 6.92 Å². The van der Waals surface area contributed by atoms with Crippen molar-refractivity contribution >= 4 is 12.0 Å². The molecular formula is C14H26N2O5. The molecular weight excluding hydrogens is 276 g/mol. The Balaban J connectivity index is 2.56. The summed E-state index contributed by atoms with van der Waals surface area (Å²) < 4.78 is 10.1. The van der Waals surface area contributed by atoms with E-state index in [0.717, 1.165) is 0 Å². The zero-order valence-electron chi connectivity index (χ0n) is 13.2. The first-order valence-electron chi connectivity index (χ1n) is 7.18. The van der Waals surface area contributed by atoms with Crippen molar-refractivity contribution in [1.29, 1.82) is 0 Å². The largest absolute Gasteiger partial charge is 0.481 e. The van der Waals surface area contributed by atoms with Crippen LogP contribution < -0.4 is 0 Å². The molecule has 2 amide bonds. The fourth-order valence-corrected chi connectivity index (χ4v) is 2.39. The number of methoxy groups -OCH3 is 2. The normalized spacial score (nSPS) is 18.0. The van der Waals surface area contributed by atoms with E-state index in [-0.39, 0.29) is 18.0 Å². The van der Waals surface area contributed by atoms with Crippen LogP contribution in [-0.4, -0.2) is 80.0 Å². The van der Waals surface area contributed by atoms with Gasteiger partial charge in [-0.25, -0.2) is 4.79 Å². The Bertz CT molecular complexity index is 357. The second kappa shape index (κ2) is 8.19. The van der Waals surface area contributed by atoms with Crippen LogP contribution in [0.15, 0.2) is 0 Å². The molecule has 1 heterocycles. The molecule has 122 valence electrons. The highest BCUT2D eigenvalue weighted by molar-refractivity contribution is 5.76. The van der Waals surface area contributed by atoms with Crippen molar-refractivity contribution in [3.05, 3.63) is 0 Å². The van der Waals surface area contributed by atoms with Crippen molar-refractivity contribution in [2.24, 2.45) is 11.8 Å². The van der Waals surface area contributed by atoms with Gasteiger partial charge in [-0.3, -0.25) is 4.79 Å². The summed E-state index contributed by atoms with van der Waals surface area (Å²) in [7, 11) is 3.20. The molecule has 2 unspecified atom stereocenters. The van der Waals surface area contributed by atoms with E-state index in [4.69, 9.17) is 14.6 Å². The summed E-state index contributed by atoms with van der Waals surface area (Å²) in [5, 5.41) is 8.98. The summed E-state index contributed by atoms with van der Waals surface area (Å²) >= 11 is 0. The Kier molecular flexibility index (Phi) is 6.91. The number of carboxylic acids is 1. The molecule has 1 aliphatic rings. The maximum Gasteiger partial charge on any atom is 0.320 e. The molecule has 21 heavy (non-hydrogen) atoms. The van der Waals surface area contributed by atoms with Gasteiger partial charge in [0, 0.05) is 39.8 Å². The number of carbonyl (C=O) groups is 2. The van der Waals surface area contributed by atoms with Gasteiger partial charge in [0.1, 0.15) is 0 Å². The number of carbonyl (C=O) groups excluding carboxylic acids is 1. The molecule has 0 bridgehead atoms. The highest BCUT2D eigenvalue weighted by Gasteiger charge is 2.39. The van der Waals surface area contributed by atoms with Gasteiger partial charge in [-0.2, -0.15) is 0 Å². The first kappa shape index (κ1) is 17.7. The van der Waals surface area contributed by atoms with Crippen LogP contribution in [0.4, 0.5) is 4.79 Å². The molecule has 1 saturated heterocycles. The minimum Gasteiger partial charge on any atom is -0.481 e. The van der Waals surface area contributed by atoms with Crippen molar-refractivity contribution in [3.8, 4) is 0 Å². The molecule has 0 radical (unpaired) electrons. The molecule has 1 rings (SSSR count). The Hall–Kier alpha value is -1.34. The number of amides is 2. The van der Waals surface area contributed by atoms with Crippen LogP contribution >= 0.6 is 0 Å². The Morgan fingerprint density at radius 1 is 1.29 bits per heavy atom. The van der Waals surface area contributed by atoms with E-state index in [1.807, 2.05) is 6.92 Å². The molecule has 0 aromatic rings. The second-order valence-electron chi connectivity index (χ2n) is 5.57. The predicted octanol–water partition coefficient (Wildman–Crippen LogP) is 0.742. The quantitative estimate of drug-likeness (QED) is 0.715. The highest BCUT2D eigenvalue weighted by Crippen LogP contribution is 2.25. The first-order valence-corrected chi connectivity index (χ1v) is 7.18. The number of ether oxygens (including phenoxy) is 2. The van der Waals surface area contributed by atoms with Crippen LogP contribution in [0.5, 0.6) is 0 Å². The summed E-state index contributed by atoms with van der Waals surface area (Å²) in [5.74, 6) is -1.19. The average Bonchev–Trinajstić information content (AvgIpc) is 2.37. The second-order valence-corrected chi connectivity index (χ2v) is 5.57. The van der Waals surface area contributed by atoms with Crippen LogP contribution in [0, 0.1) is 11.8 Å². The Morgan fingerprint density at radius 3 is 2.38 bits per heavy atom. The lowest BCUT2D eigenvalue weighted by atomic mass is 9.87. The van der Waals surface area contributed by atoms with E-state index in [1.165, 1.54) is 0 Å². The molecule has 2 atom stereocenters. The van der Waals surface area contributed by atoms with Crippen LogP contribution in [-0.2, 0) is 14.3 Å². The summed E-state index contributed by atoms with van der Waals surface area (Å²) in [6.07, 6.45) is 0. The SMILES string of the molecule is COCCN(C(=O)N1CC(C(C)C(=O)O)C1)C(C)COC. The molecule has 1 aliphatic heterocycles. The third-order valence-electron chi connectivity index (χ3n) is 4.00. The standard InChI is InChI=1S/C14H26N2O5/c1-10(9-21-4)16(5-6-20-3)14(19)15-7-12(8-15)11(2)13(17)18/h10-12H,5-9H2,1-4H3,(H,17,18). The zero-order valence-corrected chi connectivity index (χ0v) is 13.2. The average molecular weight is 302 g/mol. The highest BCUT2D eigenvalue weighted by atomic mass is 16.5. The minimum atomic E-state index is -0.809. The lowest BCUT2D eigenvalue weighted by Gasteiger charge is -2.44. The smallest absolute Gasteiger partial charge is 0.320 e. The third kappa shape index (κ3) is 4.57. The monoisotopic (exact) mass is 302 g/mol. The number of aliphatic carboxylic acids is 1. The summed E-state index contributed by atoms with van der Waals surface area (Å²) in [5.41, 5.74) is 0.